The van der Waals surface area contributed by atoms with Gasteiger partial charge in [0.25, 0.3) is 0 Å². The Bertz CT molecular complexity index is 1240. The number of fused-ring (bicyclic) bond motifs is 6. The summed E-state index contributed by atoms with van der Waals surface area (Å²) in [6.45, 7) is 4.61. The van der Waals surface area contributed by atoms with Crippen molar-refractivity contribution in [2.75, 3.05) is 0 Å². The fourth-order valence-electron chi connectivity index (χ4n) is 5.54. The Labute approximate surface area is 192 Å². The Morgan fingerprint density at radius 1 is 0.812 bits per heavy atom. The zero-order chi connectivity index (χ0) is 22.7. The quantitative estimate of drug-likeness (QED) is 0.481. The van der Waals surface area contributed by atoms with Gasteiger partial charge in [-0.1, -0.05) is 0 Å². The molecule has 3 aliphatic rings. The molecule has 156 valence electrons. The summed E-state index contributed by atoms with van der Waals surface area (Å²) in [5.41, 5.74) is 4.15. The second-order valence-electron chi connectivity index (χ2n) is 8.74. The normalized spacial score (nSPS) is 22.5. The topological polar surface area (TPSA) is 52.6 Å². The first-order valence-electron chi connectivity index (χ1n) is 10.3. The first-order valence-corrected chi connectivity index (χ1v) is 16.4. The molecule has 1 aliphatic heterocycles. The summed E-state index contributed by atoms with van der Waals surface area (Å²) < 4.78 is 11.7. The van der Waals surface area contributed by atoms with Crippen LogP contribution in [0.2, 0.25) is 13.1 Å². The summed E-state index contributed by atoms with van der Waals surface area (Å²) >= 11 is -4.51. The van der Waals surface area contributed by atoms with E-state index in [0.717, 1.165) is 22.3 Å². The molecule has 5 rings (SSSR count). The van der Waals surface area contributed by atoms with Gasteiger partial charge in [-0.25, -0.2) is 0 Å². The van der Waals surface area contributed by atoms with Crippen molar-refractivity contribution in [2.45, 2.75) is 21.5 Å². The fourth-order valence-corrected chi connectivity index (χ4v) is 19.9. The van der Waals surface area contributed by atoms with Gasteiger partial charge in [-0.2, -0.15) is 0 Å². The monoisotopic (exact) mass is 472 g/mol. The first kappa shape index (κ1) is 20.8. The van der Waals surface area contributed by atoms with Crippen LogP contribution in [0.5, 0.6) is 0 Å². The summed E-state index contributed by atoms with van der Waals surface area (Å²) in [5.74, 6) is 2.51. The van der Waals surface area contributed by atoms with Gasteiger partial charge in [-0.05, 0) is 0 Å². The average molecular weight is 472 g/mol. The number of hydrogen-bond donors (Lipinski definition) is 0. The van der Waals surface area contributed by atoms with Gasteiger partial charge < -0.3 is 0 Å². The van der Waals surface area contributed by atoms with Crippen molar-refractivity contribution in [3.8, 4) is 24.7 Å². The molecule has 0 radical (unpaired) electrons. The second-order valence-corrected chi connectivity index (χ2v) is 17.8. The Kier molecular flexibility index (Phi) is 4.69. The van der Waals surface area contributed by atoms with Crippen molar-refractivity contribution in [3.05, 3.63) is 81.2 Å². The van der Waals surface area contributed by atoms with Crippen molar-refractivity contribution < 1.29 is 33.6 Å². The zero-order valence-corrected chi connectivity index (χ0v) is 20.3. The van der Waals surface area contributed by atoms with Crippen molar-refractivity contribution in [2.24, 2.45) is 0 Å². The van der Waals surface area contributed by atoms with Gasteiger partial charge in [-0.15, -0.1) is 0 Å². The van der Waals surface area contributed by atoms with Crippen LogP contribution in [0, 0.1) is 24.7 Å². The minimum absolute atomic E-state index is 0.309. The van der Waals surface area contributed by atoms with Crippen molar-refractivity contribution in [3.63, 3.8) is 0 Å². The first-order chi connectivity index (χ1) is 15.3. The Morgan fingerprint density at radius 2 is 1.22 bits per heavy atom. The van der Waals surface area contributed by atoms with E-state index in [-0.39, 0.29) is 8.45 Å². The molecule has 2 atom stereocenters. The van der Waals surface area contributed by atoms with Crippen molar-refractivity contribution in [1.29, 1.82) is 0 Å². The van der Waals surface area contributed by atoms with E-state index in [4.69, 9.17) is 19.5 Å². The zero-order valence-electron chi connectivity index (χ0n) is 17.7. The van der Waals surface area contributed by atoms with Crippen LogP contribution in [0.4, 0.5) is 0 Å². The number of carbonyl (C=O) groups excluding carboxylic acids is 2. The molecule has 0 saturated carbocycles. The van der Waals surface area contributed by atoms with Crippen LogP contribution < -0.4 is 0 Å². The molecule has 32 heavy (non-hydrogen) atoms. The van der Waals surface area contributed by atoms with E-state index < -0.39 is 37.4 Å². The maximum absolute atomic E-state index is 12.6. The third-order valence-electron chi connectivity index (χ3n) is 6.85. The second kappa shape index (κ2) is 7.22. The maximum atomic E-state index is 12.6. The summed E-state index contributed by atoms with van der Waals surface area (Å²) in [5, 5.41) is 2.40. The van der Waals surface area contributed by atoms with Crippen LogP contribution in [-0.4, -0.2) is 20.0 Å². The molecule has 0 amide bonds. The Hall–Kier alpha value is -3.09. The average Bonchev–Trinajstić information content (AvgIpc) is 3.38. The van der Waals surface area contributed by atoms with E-state index in [1.807, 2.05) is 48.5 Å². The fraction of sp³-hybridized carbons (Fsp3) is 0.154. The van der Waals surface area contributed by atoms with Gasteiger partial charge in [0.2, 0.25) is 0 Å². The van der Waals surface area contributed by atoms with E-state index in [0.29, 0.717) is 0 Å². The molecule has 1 heterocycles. The van der Waals surface area contributed by atoms with E-state index in [1.54, 1.807) is 0 Å². The van der Waals surface area contributed by atoms with Crippen LogP contribution in [0.15, 0.2) is 58.9 Å². The molecule has 0 aromatic heterocycles. The minimum atomic E-state index is -4.51. The van der Waals surface area contributed by atoms with Crippen LogP contribution in [0.3, 0.4) is 0 Å². The molecule has 0 bridgehead atoms. The SMILES string of the molecule is C#CC(=O)[O][Ti]1([O]C(=O)C#C)[CH]2C(=Cc3ccccc32)[Si](C)(C)C2=Cc3ccccc3[CH]21. The van der Waals surface area contributed by atoms with Crippen LogP contribution >= 0.6 is 0 Å². The van der Waals surface area contributed by atoms with Gasteiger partial charge in [-0.3, -0.25) is 0 Å². The van der Waals surface area contributed by atoms with E-state index in [9.17, 15) is 9.59 Å². The molecule has 0 spiro atoms. The third kappa shape index (κ3) is 2.76. The van der Waals surface area contributed by atoms with Gasteiger partial charge >= 0.3 is 193 Å². The molecule has 0 N–H and O–H groups in total. The molecule has 1 saturated heterocycles. The molecule has 2 aromatic carbocycles. The third-order valence-corrected chi connectivity index (χ3v) is 17.5. The number of hydrogen-bond acceptors (Lipinski definition) is 4. The molecule has 2 aliphatic carbocycles. The van der Waals surface area contributed by atoms with Crippen molar-refractivity contribution in [1.82, 2.24) is 0 Å². The van der Waals surface area contributed by atoms with Gasteiger partial charge in [0, 0.05) is 0 Å². The summed E-state index contributed by atoms with van der Waals surface area (Å²) in [4.78, 5) is 25.3. The van der Waals surface area contributed by atoms with Crippen molar-refractivity contribution >= 4 is 32.2 Å². The number of terminal acetylenes is 2. The number of rotatable bonds is 2. The predicted molar refractivity (Wildman–Crippen MR) is 122 cm³/mol. The van der Waals surface area contributed by atoms with Gasteiger partial charge in [0.05, 0.1) is 0 Å². The Morgan fingerprint density at radius 3 is 1.62 bits per heavy atom. The predicted octanol–water partition coefficient (Wildman–Crippen LogP) is 4.40. The molecule has 1 fully saturated rings. The van der Waals surface area contributed by atoms with E-state index >= 15 is 0 Å². The summed E-state index contributed by atoms with van der Waals surface area (Å²) in [6, 6.07) is 16.0. The molecular formula is C26H20O4SiTi. The van der Waals surface area contributed by atoms with E-state index in [1.165, 1.54) is 10.4 Å². The van der Waals surface area contributed by atoms with Crippen LogP contribution in [-0.2, 0) is 33.6 Å². The van der Waals surface area contributed by atoms with E-state index in [2.05, 4.69) is 37.1 Å². The number of benzene rings is 2. The van der Waals surface area contributed by atoms with Crippen LogP contribution in [0.1, 0.15) is 30.7 Å². The van der Waals surface area contributed by atoms with Gasteiger partial charge in [0.1, 0.15) is 0 Å². The molecule has 4 nitrogen and oxygen atoms in total. The van der Waals surface area contributed by atoms with Crippen LogP contribution in [0.25, 0.3) is 12.2 Å². The standard InChI is InChI=1S/C20H18Si.2C3H2O2.Ti/c1-21(2,19-11-15-7-3-4-8-16(15)12-19)20-13-17-9-5-6-10-18(17)14-20;2*1-2-3(4)5;/h3-14H,1-2H3;2*1H,(H,4,5);/q;;;+2/p-2. The Balaban J connectivity index is 1.86. The summed E-state index contributed by atoms with van der Waals surface area (Å²) in [6.07, 6.45) is 15.3. The number of allylic oxidation sites excluding steroid dienone is 2. The summed E-state index contributed by atoms with van der Waals surface area (Å²) in [7, 11) is -2.17. The molecule has 6 heteroatoms. The van der Waals surface area contributed by atoms with Gasteiger partial charge in [0.15, 0.2) is 0 Å². The molecule has 2 aromatic rings. The number of carbonyl (C=O) groups is 2. The molecule has 2 unspecified atom stereocenters. The molecular weight excluding hydrogens is 452 g/mol.